The Morgan fingerprint density at radius 3 is 2.81 bits per heavy atom. The third-order valence-corrected chi connectivity index (χ3v) is 1.97. The molecule has 0 unspecified atom stereocenters. The molecule has 0 aliphatic heterocycles. The highest BCUT2D eigenvalue weighted by atomic mass is 19.1. The van der Waals surface area contributed by atoms with Gasteiger partial charge in [-0.15, -0.1) is 0 Å². The molecule has 0 aliphatic carbocycles. The van der Waals surface area contributed by atoms with Gasteiger partial charge in [0, 0.05) is 12.6 Å². The number of nitrogens with zero attached hydrogens (tertiary/aromatic N) is 1. The van der Waals surface area contributed by atoms with Crippen molar-refractivity contribution in [1.29, 1.82) is 5.26 Å². The minimum Gasteiger partial charge on any atom is -0.489 e. The van der Waals surface area contributed by atoms with Crippen LogP contribution in [0.4, 0.5) is 4.39 Å². The molecule has 0 radical (unpaired) electrons. The zero-order valence-electron chi connectivity index (χ0n) is 9.46. The van der Waals surface area contributed by atoms with Crippen LogP contribution in [0.2, 0.25) is 0 Å². The fourth-order valence-electron chi connectivity index (χ4n) is 1.20. The van der Waals surface area contributed by atoms with Crippen LogP contribution >= 0.6 is 0 Å². The molecule has 16 heavy (non-hydrogen) atoms. The first-order valence-corrected chi connectivity index (χ1v) is 5.19. The summed E-state index contributed by atoms with van der Waals surface area (Å²) in [5.41, 5.74) is 0.296. The molecule has 0 aliphatic rings. The van der Waals surface area contributed by atoms with Gasteiger partial charge < -0.3 is 10.1 Å². The number of halogens is 1. The third-order valence-electron chi connectivity index (χ3n) is 1.97. The number of nitriles is 1. The second kappa shape index (κ2) is 6.09. The molecule has 0 aromatic heterocycles. The molecule has 0 saturated heterocycles. The number of hydrogen-bond donors (Lipinski definition) is 1. The van der Waals surface area contributed by atoms with E-state index in [0.29, 0.717) is 24.8 Å². The lowest BCUT2D eigenvalue weighted by atomic mass is 10.2. The minimum atomic E-state index is -0.497. The summed E-state index contributed by atoms with van der Waals surface area (Å²) in [4.78, 5) is 0. The first kappa shape index (κ1) is 12.5. The summed E-state index contributed by atoms with van der Waals surface area (Å²) in [5.74, 6) is -0.312. The average molecular weight is 222 g/mol. The van der Waals surface area contributed by atoms with Crippen LogP contribution in [0.15, 0.2) is 18.2 Å². The van der Waals surface area contributed by atoms with E-state index in [1.807, 2.05) is 19.9 Å². The van der Waals surface area contributed by atoms with Crippen molar-refractivity contribution in [1.82, 2.24) is 5.32 Å². The third kappa shape index (κ3) is 3.87. The quantitative estimate of drug-likeness (QED) is 0.776. The Hall–Kier alpha value is -1.60. The van der Waals surface area contributed by atoms with E-state index >= 15 is 0 Å². The molecule has 0 fully saturated rings. The molecule has 0 bridgehead atoms. The molecule has 0 atom stereocenters. The topological polar surface area (TPSA) is 45.0 Å². The van der Waals surface area contributed by atoms with Crippen molar-refractivity contribution < 1.29 is 9.13 Å². The van der Waals surface area contributed by atoms with Crippen molar-refractivity contribution in [3.63, 3.8) is 0 Å². The first-order chi connectivity index (χ1) is 7.63. The van der Waals surface area contributed by atoms with E-state index in [2.05, 4.69) is 5.32 Å². The van der Waals surface area contributed by atoms with Crippen molar-refractivity contribution in [2.24, 2.45) is 0 Å². The molecule has 86 valence electrons. The Kier molecular flexibility index (Phi) is 4.74. The highest BCUT2D eigenvalue weighted by molar-refractivity contribution is 5.35. The predicted molar refractivity (Wildman–Crippen MR) is 59.7 cm³/mol. The molecule has 4 heteroatoms. The summed E-state index contributed by atoms with van der Waals surface area (Å²) in [6.45, 7) is 5.13. The highest BCUT2D eigenvalue weighted by Crippen LogP contribution is 2.17. The Morgan fingerprint density at radius 2 is 2.25 bits per heavy atom. The van der Waals surface area contributed by atoms with Gasteiger partial charge in [0.1, 0.15) is 6.61 Å². The van der Waals surface area contributed by atoms with E-state index in [1.54, 1.807) is 0 Å². The fraction of sp³-hybridized carbons (Fsp3) is 0.417. The Balaban J connectivity index is 2.46. The maximum Gasteiger partial charge on any atom is 0.166 e. The molecule has 3 nitrogen and oxygen atoms in total. The van der Waals surface area contributed by atoms with Crippen LogP contribution in [-0.4, -0.2) is 19.2 Å². The van der Waals surface area contributed by atoms with Crippen LogP contribution in [0.1, 0.15) is 19.4 Å². The average Bonchev–Trinajstić information content (AvgIpc) is 2.25. The molecular formula is C12H15FN2O. The lowest BCUT2D eigenvalue weighted by Gasteiger charge is -2.10. The van der Waals surface area contributed by atoms with Crippen LogP contribution in [-0.2, 0) is 0 Å². The second-order valence-electron chi connectivity index (χ2n) is 3.71. The number of hydrogen-bond acceptors (Lipinski definition) is 3. The Labute approximate surface area is 94.8 Å². The summed E-state index contributed by atoms with van der Waals surface area (Å²) >= 11 is 0. The van der Waals surface area contributed by atoms with Gasteiger partial charge in [-0.25, -0.2) is 4.39 Å². The van der Waals surface area contributed by atoms with Crippen molar-refractivity contribution in [2.75, 3.05) is 13.2 Å². The molecule has 1 N–H and O–H groups in total. The zero-order valence-corrected chi connectivity index (χ0v) is 9.46. The molecule has 0 spiro atoms. The fourth-order valence-corrected chi connectivity index (χ4v) is 1.20. The molecule has 1 aromatic carbocycles. The number of rotatable bonds is 5. The second-order valence-corrected chi connectivity index (χ2v) is 3.71. The van der Waals surface area contributed by atoms with Crippen molar-refractivity contribution in [3.8, 4) is 11.8 Å². The number of ether oxygens (including phenoxy) is 1. The summed E-state index contributed by atoms with van der Waals surface area (Å²) in [6.07, 6.45) is 0. The van der Waals surface area contributed by atoms with Crippen LogP contribution in [0, 0.1) is 17.1 Å². The maximum atomic E-state index is 13.3. The summed E-state index contributed by atoms with van der Waals surface area (Å²) in [6, 6.07) is 6.44. The van der Waals surface area contributed by atoms with Crippen molar-refractivity contribution in [3.05, 3.63) is 29.6 Å². The molecular weight excluding hydrogens is 207 g/mol. The van der Waals surface area contributed by atoms with Crippen molar-refractivity contribution >= 4 is 0 Å². The van der Waals surface area contributed by atoms with Gasteiger partial charge in [-0.2, -0.15) is 5.26 Å². The largest absolute Gasteiger partial charge is 0.489 e. The van der Waals surface area contributed by atoms with Crippen LogP contribution in [0.5, 0.6) is 5.75 Å². The van der Waals surface area contributed by atoms with E-state index in [1.165, 1.54) is 18.2 Å². The van der Waals surface area contributed by atoms with Gasteiger partial charge in [-0.05, 0) is 18.2 Å². The van der Waals surface area contributed by atoms with Gasteiger partial charge >= 0.3 is 0 Å². The Morgan fingerprint density at radius 1 is 1.50 bits per heavy atom. The number of nitrogens with one attached hydrogen (secondary N) is 1. The van der Waals surface area contributed by atoms with Crippen LogP contribution < -0.4 is 10.1 Å². The first-order valence-electron chi connectivity index (χ1n) is 5.19. The highest BCUT2D eigenvalue weighted by Gasteiger charge is 2.04. The monoisotopic (exact) mass is 222 g/mol. The van der Waals surface area contributed by atoms with Gasteiger partial charge in [0.15, 0.2) is 11.6 Å². The lowest BCUT2D eigenvalue weighted by molar-refractivity contribution is 0.294. The maximum absolute atomic E-state index is 13.3. The normalized spacial score (nSPS) is 10.2. The molecule has 1 rings (SSSR count). The van der Waals surface area contributed by atoms with E-state index in [9.17, 15) is 4.39 Å². The summed E-state index contributed by atoms with van der Waals surface area (Å²) in [5, 5.41) is 11.7. The van der Waals surface area contributed by atoms with Gasteiger partial charge in [0.2, 0.25) is 0 Å². The molecule has 1 aromatic rings. The molecule has 0 amide bonds. The summed E-state index contributed by atoms with van der Waals surface area (Å²) < 4.78 is 18.6. The smallest absolute Gasteiger partial charge is 0.166 e. The van der Waals surface area contributed by atoms with E-state index in [-0.39, 0.29) is 5.75 Å². The number of benzene rings is 1. The molecule has 0 heterocycles. The van der Waals surface area contributed by atoms with Gasteiger partial charge in [-0.3, -0.25) is 0 Å². The SMILES string of the molecule is CC(C)NCCOc1ccc(C#N)cc1F. The predicted octanol–water partition coefficient (Wildman–Crippen LogP) is 2.07. The van der Waals surface area contributed by atoms with Crippen molar-refractivity contribution in [2.45, 2.75) is 19.9 Å². The van der Waals surface area contributed by atoms with Gasteiger partial charge in [-0.1, -0.05) is 13.8 Å². The molecule has 0 saturated carbocycles. The van der Waals surface area contributed by atoms with Gasteiger partial charge in [0.05, 0.1) is 11.6 Å². The zero-order chi connectivity index (χ0) is 12.0. The minimum absolute atomic E-state index is 0.185. The van der Waals surface area contributed by atoms with Gasteiger partial charge in [0.25, 0.3) is 0 Å². The summed E-state index contributed by atoms with van der Waals surface area (Å²) in [7, 11) is 0. The standard InChI is InChI=1S/C12H15FN2O/c1-9(2)15-5-6-16-12-4-3-10(8-14)7-11(12)13/h3-4,7,9,15H,5-6H2,1-2H3. The van der Waals surface area contributed by atoms with E-state index in [0.717, 1.165) is 0 Å². The van der Waals surface area contributed by atoms with E-state index in [4.69, 9.17) is 10.00 Å². The Bertz CT molecular complexity index is 385. The van der Waals surface area contributed by atoms with Crippen LogP contribution in [0.25, 0.3) is 0 Å². The van der Waals surface area contributed by atoms with E-state index < -0.39 is 5.82 Å². The lowest BCUT2D eigenvalue weighted by Crippen LogP contribution is -2.27. The van der Waals surface area contributed by atoms with Crippen LogP contribution in [0.3, 0.4) is 0 Å².